The lowest BCUT2D eigenvalue weighted by molar-refractivity contribution is -0.137. The largest absolute Gasteiger partial charge is 0.416 e. The minimum absolute atomic E-state index is 0.0336. The maximum Gasteiger partial charge on any atom is 0.416 e. The standard InChI is InChI=1S/C21H20ClF3N4OS/c1-2-29-18(11-8-14-6-4-3-5-7-14)27-28-20(29)31-13-19(30)26-17-12-15(21(23,24)25)9-10-16(17)22/h3-7,9-10,12H,2,8,11,13H2,1H3,(H,26,30). The molecule has 1 amide bonds. The first-order chi connectivity index (χ1) is 14.8. The number of aromatic nitrogens is 3. The normalized spacial score (nSPS) is 11.5. The van der Waals surface area contributed by atoms with Gasteiger partial charge in [-0.1, -0.05) is 53.7 Å². The Bertz CT molecular complexity index is 1040. The van der Waals surface area contributed by atoms with Crippen molar-refractivity contribution in [3.63, 3.8) is 0 Å². The Hall–Kier alpha value is -2.52. The van der Waals surface area contributed by atoms with E-state index in [1.54, 1.807) is 0 Å². The highest BCUT2D eigenvalue weighted by Gasteiger charge is 2.31. The van der Waals surface area contributed by atoms with Gasteiger partial charge < -0.3 is 9.88 Å². The summed E-state index contributed by atoms with van der Waals surface area (Å²) in [6.45, 7) is 2.60. The number of thioether (sulfide) groups is 1. The van der Waals surface area contributed by atoms with Crippen LogP contribution in [-0.2, 0) is 30.4 Å². The number of carbonyl (C=O) groups excluding carboxylic acids is 1. The second-order valence-electron chi connectivity index (χ2n) is 6.66. The molecule has 3 aromatic rings. The lowest BCUT2D eigenvalue weighted by atomic mass is 10.1. The summed E-state index contributed by atoms with van der Waals surface area (Å²) >= 11 is 7.10. The third kappa shape index (κ3) is 6.24. The van der Waals surface area contributed by atoms with Crippen molar-refractivity contribution in [1.29, 1.82) is 0 Å². The van der Waals surface area contributed by atoms with E-state index in [9.17, 15) is 18.0 Å². The number of rotatable bonds is 8. The fourth-order valence-electron chi connectivity index (χ4n) is 2.94. The second-order valence-corrected chi connectivity index (χ2v) is 8.01. The Morgan fingerprint density at radius 1 is 1.13 bits per heavy atom. The zero-order valence-corrected chi connectivity index (χ0v) is 18.2. The molecule has 0 spiro atoms. The Labute approximate surface area is 187 Å². The number of hydrogen-bond acceptors (Lipinski definition) is 4. The number of amides is 1. The molecule has 5 nitrogen and oxygen atoms in total. The summed E-state index contributed by atoms with van der Waals surface area (Å²) in [6, 6.07) is 12.8. The molecule has 0 aliphatic carbocycles. The van der Waals surface area contributed by atoms with E-state index in [-0.39, 0.29) is 16.5 Å². The molecule has 164 valence electrons. The lowest BCUT2D eigenvalue weighted by Gasteiger charge is -2.12. The van der Waals surface area contributed by atoms with Crippen molar-refractivity contribution in [3.05, 3.63) is 70.5 Å². The predicted molar refractivity (Wildman–Crippen MR) is 115 cm³/mol. The highest BCUT2D eigenvalue weighted by atomic mass is 35.5. The number of anilines is 1. The van der Waals surface area contributed by atoms with Crippen LogP contribution in [0.3, 0.4) is 0 Å². The number of carbonyl (C=O) groups is 1. The first-order valence-corrected chi connectivity index (χ1v) is 10.9. The van der Waals surface area contributed by atoms with Crippen LogP contribution in [-0.4, -0.2) is 26.4 Å². The van der Waals surface area contributed by atoms with Crippen LogP contribution in [0.5, 0.6) is 0 Å². The molecule has 1 heterocycles. The van der Waals surface area contributed by atoms with Crippen LogP contribution >= 0.6 is 23.4 Å². The van der Waals surface area contributed by atoms with Crippen molar-refractivity contribution < 1.29 is 18.0 Å². The zero-order valence-electron chi connectivity index (χ0n) is 16.6. The van der Waals surface area contributed by atoms with Gasteiger partial charge in [0, 0.05) is 13.0 Å². The van der Waals surface area contributed by atoms with Crippen LogP contribution in [0.1, 0.15) is 23.9 Å². The molecular formula is C21H20ClF3N4OS. The van der Waals surface area contributed by atoms with E-state index in [1.807, 2.05) is 41.8 Å². The highest BCUT2D eigenvalue weighted by molar-refractivity contribution is 7.99. The van der Waals surface area contributed by atoms with Crippen LogP contribution < -0.4 is 5.32 Å². The molecule has 31 heavy (non-hydrogen) atoms. The van der Waals surface area contributed by atoms with Gasteiger partial charge in [0.05, 0.1) is 22.0 Å². The number of aryl methyl sites for hydroxylation is 2. The van der Waals surface area contributed by atoms with Crippen molar-refractivity contribution in [2.24, 2.45) is 0 Å². The van der Waals surface area contributed by atoms with E-state index in [0.29, 0.717) is 18.1 Å². The van der Waals surface area contributed by atoms with E-state index in [1.165, 1.54) is 17.3 Å². The first kappa shape index (κ1) is 23.1. The van der Waals surface area contributed by atoms with Gasteiger partial charge in [-0.3, -0.25) is 4.79 Å². The topological polar surface area (TPSA) is 59.8 Å². The van der Waals surface area contributed by atoms with Gasteiger partial charge in [0.25, 0.3) is 0 Å². The van der Waals surface area contributed by atoms with Gasteiger partial charge in [-0.25, -0.2) is 0 Å². The molecule has 1 N–H and O–H groups in total. The molecule has 2 aromatic carbocycles. The van der Waals surface area contributed by atoms with Crippen molar-refractivity contribution in [2.75, 3.05) is 11.1 Å². The van der Waals surface area contributed by atoms with E-state index in [2.05, 4.69) is 15.5 Å². The molecule has 0 aliphatic heterocycles. The minimum atomic E-state index is -4.52. The molecule has 0 unspecified atom stereocenters. The van der Waals surface area contributed by atoms with Crippen molar-refractivity contribution in [2.45, 2.75) is 37.6 Å². The highest BCUT2D eigenvalue weighted by Crippen LogP contribution is 2.34. The second kappa shape index (κ2) is 10.2. The van der Waals surface area contributed by atoms with Crippen LogP contribution in [0.15, 0.2) is 53.7 Å². The van der Waals surface area contributed by atoms with Crippen LogP contribution in [0.25, 0.3) is 0 Å². The van der Waals surface area contributed by atoms with E-state index in [0.717, 1.165) is 30.4 Å². The van der Waals surface area contributed by atoms with Gasteiger partial charge in [-0.05, 0) is 37.1 Å². The number of benzene rings is 2. The predicted octanol–water partition coefficient (Wildman–Crippen LogP) is 5.49. The summed E-state index contributed by atoms with van der Waals surface area (Å²) in [7, 11) is 0. The average Bonchev–Trinajstić information content (AvgIpc) is 3.14. The summed E-state index contributed by atoms with van der Waals surface area (Å²) in [5, 5.41) is 11.4. The summed E-state index contributed by atoms with van der Waals surface area (Å²) in [4.78, 5) is 12.3. The van der Waals surface area contributed by atoms with Crippen molar-refractivity contribution in [1.82, 2.24) is 14.8 Å². The van der Waals surface area contributed by atoms with Gasteiger partial charge in [0.2, 0.25) is 5.91 Å². The quantitative estimate of drug-likeness (QED) is 0.444. The van der Waals surface area contributed by atoms with Gasteiger partial charge in [-0.15, -0.1) is 10.2 Å². The Kier molecular flexibility index (Phi) is 7.61. The fourth-order valence-corrected chi connectivity index (χ4v) is 3.93. The van der Waals surface area contributed by atoms with E-state index >= 15 is 0 Å². The van der Waals surface area contributed by atoms with Gasteiger partial charge in [-0.2, -0.15) is 13.2 Å². The van der Waals surface area contributed by atoms with E-state index < -0.39 is 17.6 Å². The number of halogens is 4. The molecule has 1 aromatic heterocycles. The molecule has 0 aliphatic rings. The summed E-state index contributed by atoms with van der Waals surface area (Å²) < 4.78 is 40.6. The molecule has 10 heteroatoms. The molecule has 0 saturated heterocycles. The smallest absolute Gasteiger partial charge is 0.324 e. The van der Waals surface area contributed by atoms with Crippen LogP contribution in [0.2, 0.25) is 5.02 Å². The van der Waals surface area contributed by atoms with Crippen molar-refractivity contribution in [3.8, 4) is 0 Å². The SMILES string of the molecule is CCn1c(CCc2ccccc2)nnc1SCC(=O)Nc1cc(C(F)(F)F)ccc1Cl. The van der Waals surface area contributed by atoms with Gasteiger partial charge in [0.15, 0.2) is 5.16 Å². The Balaban J connectivity index is 1.61. The number of alkyl halides is 3. The molecular weight excluding hydrogens is 449 g/mol. The van der Waals surface area contributed by atoms with Crippen LogP contribution in [0, 0.1) is 0 Å². The maximum absolute atomic E-state index is 12.9. The Morgan fingerprint density at radius 3 is 2.55 bits per heavy atom. The van der Waals surface area contributed by atoms with Gasteiger partial charge >= 0.3 is 6.18 Å². The average molecular weight is 469 g/mol. The molecule has 0 atom stereocenters. The number of hydrogen-bond donors (Lipinski definition) is 1. The summed E-state index contributed by atoms with van der Waals surface area (Å²) in [5.41, 5.74) is 0.232. The third-order valence-corrected chi connectivity index (χ3v) is 5.79. The maximum atomic E-state index is 12.9. The monoisotopic (exact) mass is 468 g/mol. The molecule has 0 radical (unpaired) electrons. The third-order valence-electron chi connectivity index (χ3n) is 4.49. The zero-order chi connectivity index (χ0) is 22.4. The molecule has 0 saturated carbocycles. The number of nitrogens with one attached hydrogen (secondary N) is 1. The molecule has 0 bridgehead atoms. The minimum Gasteiger partial charge on any atom is -0.324 e. The lowest BCUT2D eigenvalue weighted by Crippen LogP contribution is -2.16. The number of nitrogens with zero attached hydrogens (tertiary/aromatic N) is 3. The fraction of sp³-hybridized carbons (Fsp3) is 0.286. The van der Waals surface area contributed by atoms with Crippen LogP contribution in [0.4, 0.5) is 18.9 Å². The summed E-state index contributed by atoms with van der Waals surface area (Å²) in [5.74, 6) is 0.293. The molecule has 3 rings (SSSR count). The van der Waals surface area contributed by atoms with E-state index in [4.69, 9.17) is 11.6 Å². The molecule has 0 fully saturated rings. The first-order valence-electron chi connectivity index (χ1n) is 9.53. The Morgan fingerprint density at radius 2 is 1.87 bits per heavy atom. The van der Waals surface area contributed by atoms with Crippen molar-refractivity contribution >= 4 is 35.0 Å². The van der Waals surface area contributed by atoms with Gasteiger partial charge in [0.1, 0.15) is 5.82 Å². The summed E-state index contributed by atoms with van der Waals surface area (Å²) in [6.07, 6.45) is -3.00.